The van der Waals surface area contributed by atoms with E-state index in [-0.39, 0.29) is 37.4 Å². The van der Waals surface area contributed by atoms with Gasteiger partial charge in [-0.25, -0.2) is 0 Å². The van der Waals surface area contributed by atoms with Gasteiger partial charge in [0, 0.05) is 43.9 Å². The number of ether oxygens (including phenoxy) is 4. The highest BCUT2D eigenvalue weighted by Crippen LogP contribution is 2.33. The molecule has 3 atom stereocenters. The molecule has 0 aliphatic carbocycles. The van der Waals surface area contributed by atoms with Gasteiger partial charge >= 0.3 is 7.60 Å². The molecule has 0 saturated carbocycles. The van der Waals surface area contributed by atoms with E-state index in [4.69, 9.17) is 34.5 Å². The smallest absolute Gasteiger partial charge is 0.327 e. The molecule has 52 heavy (non-hydrogen) atoms. The second kappa shape index (κ2) is 39.0. The minimum atomic E-state index is -4.02. The molecule has 0 aliphatic rings. The van der Waals surface area contributed by atoms with Crippen LogP contribution >= 0.6 is 19.4 Å². The Kier molecular flexibility index (Phi) is 38.8. The summed E-state index contributed by atoms with van der Waals surface area (Å²) in [6.07, 6.45) is 25.8. The van der Waals surface area contributed by atoms with Gasteiger partial charge < -0.3 is 45.1 Å². The van der Waals surface area contributed by atoms with Crippen LogP contribution in [0.3, 0.4) is 0 Å². The molecule has 1 amide bonds. The molecular weight excluding hydrogens is 701 g/mol. The first-order chi connectivity index (χ1) is 25.2. The predicted octanol–water partition coefficient (Wildman–Crippen LogP) is 7.60. The summed E-state index contributed by atoms with van der Waals surface area (Å²) in [6.45, 7) is 10.8. The lowest BCUT2D eigenvalue weighted by Gasteiger charge is -2.20. The van der Waals surface area contributed by atoms with Crippen molar-refractivity contribution in [2.24, 2.45) is 5.73 Å². The number of hydrogen-bond acceptors (Lipinski definition) is 9. The normalized spacial score (nSPS) is 13.7. The van der Waals surface area contributed by atoms with Crippen molar-refractivity contribution >= 4 is 25.3 Å². The Morgan fingerprint density at radius 2 is 1.17 bits per heavy atom. The summed E-state index contributed by atoms with van der Waals surface area (Å²) in [7, 11) is -4.02. The molecule has 6 N–H and O–H groups in total. The molecule has 13 heteroatoms. The Morgan fingerprint density at radius 3 is 1.71 bits per heavy atom. The van der Waals surface area contributed by atoms with E-state index in [0.717, 1.165) is 31.8 Å². The molecule has 0 bridgehead atoms. The van der Waals surface area contributed by atoms with E-state index in [1.165, 1.54) is 116 Å². The molecule has 312 valence electrons. The van der Waals surface area contributed by atoms with Gasteiger partial charge in [-0.05, 0) is 19.8 Å². The topological polar surface area (TPSA) is 162 Å². The van der Waals surface area contributed by atoms with Gasteiger partial charge in [0.1, 0.15) is 0 Å². The highest BCUT2D eigenvalue weighted by Gasteiger charge is 2.18. The summed E-state index contributed by atoms with van der Waals surface area (Å²) in [5.74, 6) is 1.11. The second-order valence-corrected chi connectivity index (χ2v) is 17.2. The molecule has 0 fully saturated rings. The summed E-state index contributed by atoms with van der Waals surface area (Å²) >= 11 is 1.66. The van der Waals surface area contributed by atoms with E-state index in [1.807, 2.05) is 6.92 Å². The largest absolute Gasteiger partial charge is 0.379 e. The average molecular weight is 784 g/mol. The van der Waals surface area contributed by atoms with E-state index < -0.39 is 13.6 Å². The summed E-state index contributed by atoms with van der Waals surface area (Å²) in [6, 6.07) is -0.688. The van der Waals surface area contributed by atoms with Crippen molar-refractivity contribution in [2.75, 3.05) is 77.0 Å². The Morgan fingerprint density at radius 1 is 0.673 bits per heavy atom. The zero-order valence-electron chi connectivity index (χ0n) is 33.6. The van der Waals surface area contributed by atoms with E-state index in [9.17, 15) is 9.36 Å². The van der Waals surface area contributed by atoms with Crippen molar-refractivity contribution in [3.05, 3.63) is 0 Å². The van der Waals surface area contributed by atoms with Crippen LogP contribution in [-0.4, -0.2) is 111 Å². The number of unbranched alkanes of at least 4 members (excludes halogenated alkanes) is 18. The van der Waals surface area contributed by atoms with Crippen LogP contribution in [0, 0.1) is 0 Å². The first-order valence-electron chi connectivity index (χ1n) is 20.9. The van der Waals surface area contributed by atoms with Gasteiger partial charge in [-0.2, -0.15) is 11.8 Å². The van der Waals surface area contributed by atoms with Crippen molar-refractivity contribution in [1.29, 1.82) is 0 Å². The summed E-state index contributed by atoms with van der Waals surface area (Å²) in [4.78, 5) is 30.3. The van der Waals surface area contributed by atoms with Crippen LogP contribution in [0.1, 0.15) is 149 Å². The first-order valence-corrected chi connectivity index (χ1v) is 23.9. The highest BCUT2D eigenvalue weighted by molar-refractivity contribution is 7.99. The fourth-order valence-electron chi connectivity index (χ4n) is 5.66. The fourth-order valence-corrected chi connectivity index (χ4v) is 7.03. The van der Waals surface area contributed by atoms with E-state index in [0.29, 0.717) is 38.7 Å². The van der Waals surface area contributed by atoms with Crippen molar-refractivity contribution in [1.82, 2.24) is 10.6 Å². The quantitative estimate of drug-likeness (QED) is 0.0306. The Hall–Kier alpha value is -0.270. The number of rotatable bonds is 42. The number of amides is 1. The van der Waals surface area contributed by atoms with Gasteiger partial charge in [0.05, 0.1) is 51.3 Å². The lowest BCUT2D eigenvalue weighted by molar-refractivity contribution is -0.122. The monoisotopic (exact) mass is 784 g/mol. The van der Waals surface area contributed by atoms with Gasteiger partial charge in [-0.15, -0.1) is 0 Å². The third kappa shape index (κ3) is 39.4. The number of hydrogen-bond donors (Lipinski definition) is 5. The van der Waals surface area contributed by atoms with Crippen molar-refractivity contribution < 1.29 is 38.1 Å². The molecule has 0 radical (unpaired) electrons. The van der Waals surface area contributed by atoms with E-state index in [1.54, 1.807) is 11.8 Å². The molecule has 0 rings (SSSR count). The van der Waals surface area contributed by atoms with E-state index >= 15 is 0 Å². The number of nitrogens with one attached hydrogen (secondary N) is 2. The Bertz CT molecular complexity index is 814. The predicted molar refractivity (Wildman–Crippen MR) is 219 cm³/mol. The van der Waals surface area contributed by atoms with Crippen molar-refractivity contribution in [2.45, 2.75) is 167 Å². The summed E-state index contributed by atoms with van der Waals surface area (Å²) in [5.41, 5.74) is 6.25. The van der Waals surface area contributed by atoms with Crippen LogP contribution < -0.4 is 16.4 Å². The fraction of sp³-hybridized carbons (Fsp3) is 0.974. The van der Waals surface area contributed by atoms with E-state index in [2.05, 4.69) is 24.5 Å². The lowest BCUT2D eigenvalue weighted by Crippen LogP contribution is -2.48. The number of carbonyl (C=O) groups is 1. The number of thioether (sulfide) groups is 1. The van der Waals surface area contributed by atoms with Gasteiger partial charge in [0.2, 0.25) is 5.91 Å². The van der Waals surface area contributed by atoms with Crippen molar-refractivity contribution in [3.8, 4) is 0 Å². The minimum Gasteiger partial charge on any atom is -0.379 e. The van der Waals surface area contributed by atoms with Crippen LogP contribution in [-0.2, 0) is 28.3 Å². The zero-order valence-corrected chi connectivity index (χ0v) is 35.3. The minimum absolute atomic E-state index is 0.00132. The molecule has 0 aliphatic heterocycles. The maximum Gasteiger partial charge on any atom is 0.327 e. The second-order valence-electron chi connectivity index (χ2n) is 14.3. The third-order valence-corrected chi connectivity index (χ3v) is 10.9. The summed E-state index contributed by atoms with van der Waals surface area (Å²) < 4.78 is 33.8. The molecule has 0 heterocycles. The molecular formula is C39H82N3O8PS. The van der Waals surface area contributed by atoms with Gasteiger partial charge in [-0.3, -0.25) is 9.36 Å². The molecule has 0 aromatic rings. The van der Waals surface area contributed by atoms with Crippen LogP contribution in [0.5, 0.6) is 0 Å². The van der Waals surface area contributed by atoms with Crippen LogP contribution in [0.25, 0.3) is 0 Å². The highest BCUT2D eigenvalue weighted by atomic mass is 32.2. The maximum atomic E-state index is 12.7. The Balaban J connectivity index is 4.24. The molecule has 0 spiro atoms. The standard InChI is InChI=1S/C39H82N3O8PS/c1-4-6-8-10-12-14-16-18-20-22-25-49-33-37(50-26-23-21-19-17-15-13-11-9-7-5-2)34-52-35-38(40)39(43)42-36(3)32-41-24-27-47-28-29-48-30-31-51(44,45)46/h36-38,41H,4-35,40H2,1-3H3,(H,42,43)(H2,44,45,46)/t36-,37+,38-/m0/s1. The number of nitrogens with two attached hydrogens (primary N) is 1. The van der Waals surface area contributed by atoms with Crippen molar-refractivity contribution in [3.63, 3.8) is 0 Å². The average Bonchev–Trinajstić information content (AvgIpc) is 3.10. The van der Waals surface area contributed by atoms with Gasteiger partial charge in [-0.1, -0.05) is 129 Å². The molecule has 11 nitrogen and oxygen atoms in total. The third-order valence-electron chi connectivity index (χ3n) is 8.90. The van der Waals surface area contributed by atoms with Gasteiger partial charge in [0.15, 0.2) is 0 Å². The molecule has 0 saturated heterocycles. The molecule has 0 aromatic heterocycles. The van der Waals surface area contributed by atoms with Gasteiger partial charge in [0.25, 0.3) is 0 Å². The zero-order chi connectivity index (χ0) is 38.4. The molecule has 0 unspecified atom stereocenters. The first kappa shape index (κ1) is 51.7. The summed E-state index contributed by atoms with van der Waals surface area (Å²) in [5, 5.41) is 6.23. The Labute approximate surface area is 323 Å². The lowest BCUT2D eigenvalue weighted by atomic mass is 10.1. The molecule has 0 aromatic carbocycles. The van der Waals surface area contributed by atoms with Crippen LogP contribution in [0.4, 0.5) is 0 Å². The van der Waals surface area contributed by atoms with Crippen LogP contribution in [0.15, 0.2) is 0 Å². The maximum absolute atomic E-state index is 12.7. The van der Waals surface area contributed by atoms with Crippen LogP contribution in [0.2, 0.25) is 0 Å². The number of carbonyl (C=O) groups excluding carboxylic acids is 1. The SMILES string of the molecule is CCCCCCCCCCCCOC[C@H](CSC[C@H](N)C(=O)N[C@@H](C)CNCCOCCOCCP(=O)(O)O)OCCCCCCCCCCCC.